The van der Waals surface area contributed by atoms with Crippen molar-refractivity contribution >= 4 is 29.3 Å². The van der Waals surface area contributed by atoms with Gasteiger partial charge in [-0.25, -0.2) is 0 Å². The maximum absolute atomic E-state index is 13.0. The molecule has 3 rings (SSSR count). The lowest BCUT2D eigenvalue weighted by Gasteiger charge is -2.32. The molecule has 2 fully saturated rings. The predicted molar refractivity (Wildman–Crippen MR) is 108 cm³/mol. The summed E-state index contributed by atoms with van der Waals surface area (Å²) in [5, 5.41) is 0.597. The fourth-order valence-electron chi connectivity index (χ4n) is 3.90. The SMILES string of the molecule is CC(C)(C)N1CC(C(=O)N2CCCN(C(=O)c3ccc(Cl)cc3)CC2)CC1=O. The first-order chi connectivity index (χ1) is 13.2. The highest BCUT2D eigenvalue weighted by atomic mass is 35.5. The average Bonchev–Trinajstić information content (AvgIpc) is 2.88. The predicted octanol–water partition coefficient (Wildman–Crippen LogP) is 2.66. The van der Waals surface area contributed by atoms with E-state index in [-0.39, 0.29) is 35.6 Å². The van der Waals surface area contributed by atoms with Crippen LogP contribution in [0.15, 0.2) is 24.3 Å². The zero-order valence-electron chi connectivity index (χ0n) is 16.8. The van der Waals surface area contributed by atoms with Gasteiger partial charge in [0.1, 0.15) is 0 Å². The normalized spacial score (nSPS) is 21.1. The Kier molecular flexibility index (Phi) is 5.98. The molecule has 2 heterocycles. The van der Waals surface area contributed by atoms with Crippen LogP contribution in [0.2, 0.25) is 5.02 Å². The number of benzene rings is 1. The molecule has 7 heteroatoms. The minimum Gasteiger partial charge on any atom is -0.341 e. The first-order valence-corrected chi connectivity index (χ1v) is 10.2. The summed E-state index contributed by atoms with van der Waals surface area (Å²) in [5.74, 6) is -0.257. The molecule has 1 aromatic carbocycles. The Bertz CT molecular complexity index is 757. The molecule has 0 N–H and O–H groups in total. The van der Waals surface area contributed by atoms with Gasteiger partial charge in [-0.2, -0.15) is 0 Å². The molecule has 0 aliphatic carbocycles. The van der Waals surface area contributed by atoms with E-state index in [1.807, 2.05) is 25.7 Å². The molecule has 1 aromatic rings. The van der Waals surface area contributed by atoms with Gasteiger partial charge in [-0.15, -0.1) is 0 Å². The van der Waals surface area contributed by atoms with E-state index < -0.39 is 0 Å². The van der Waals surface area contributed by atoms with Gasteiger partial charge in [0, 0.05) is 55.3 Å². The summed E-state index contributed by atoms with van der Waals surface area (Å²) in [6, 6.07) is 6.87. The van der Waals surface area contributed by atoms with Gasteiger partial charge in [-0.3, -0.25) is 14.4 Å². The van der Waals surface area contributed by atoms with Gasteiger partial charge < -0.3 is 14.7 Å². The van der Waals surface area contributed by atoms with Crippen LogP contribution in [0, 0.1) is 5.92 Å². The van der Waals surface area contributed by atoms with Gasteiger partial charge in [0.15, 0.2) is 0 Å². The number of carbonyl (C=O) groups excluding carboxylic acids is 3. The van der Waals surface area contributed by atoms with E-state index in [1.165, 1.54) is 0 Å². The third kappa shape index (κ3) is 4.49. The average molecular weight is 406 g/mol. The molecule has 0 spiro atoms. The summed E-state index contributed by atoms with van der Waals surface area (Å²) in [7, 11) is 0. The summed E-state index contributed by atoms with van der Waals surface area (Å²) >= 11 is 5.90. The van der Waals surface area contributed by atoms with Crippen molar-refractivity contribution in [3.63, 3.8) is 0 Å². The second-order valence-corrected chi connectivity index (χ2v) is 8.99. The van der Waals surface area contributed by atoms with E-state index in [0.29, 0.717) is 43.3 Å². The van der Waals surface area contributed by atoms with Crippen LogP contribution in [0.5, 0.6) is 0 Å². The van der Waals surface area contributed by atoms with Gasteiger partial charge in [0.2, 0.25) is 11.8 Å². The summed E-state index contributed by atoms with van der Waals surface area (Å²) in [6.07, 6.45) is 1.01. The van der Waals surface area contributed by atoms with Crippen LogP contribution in [0.25, 0.3) is 0 Å². The van der Waals surface area contributed by atoms with Gasteiger partial charge in [-0.1, -0.05) is 11.6 Å². The molecular weight excluding hydrogens is 378 g/mol. The zero-order chi connectivity index (χ0) is 20.5. The minimum atomic E-state index is -0.287. The fraction of sp³-hybridized carbons (Fsp3) is 0.571. The van der Waals surface area contributed by atoms with Crippen LogP contribution in [-0.2, 0) is 9.59 Å². The number of rotatable bonds is 2. The molecule has 2 aliphatic heterocycles. The highest BCUT2D eigenvalue weighted by molar-refractivity contribution is 6.30. The Morgan fingerprint density at radius 3 is 2.21 bits per heavy atom. The maximum Gasteiger partial charge on any atom is 0.253 e. The maximum atomic E-state index is 13.0. The van der Waals surface area contributed by atoms with Crippen LogP contribution in [0.1, 0.15) is 44.0 Å². The molecular formula is C21H28ClN3O3. The van der Waals surface area contributed by atoms with Crippen molar-refractivity contribution in [3.05, 3.63) is 34.9 Å². The van der Waals surface area contributed by atoms with E-state index in [0.717, 1.165) is 6.42 Å². The number of hydrogen-bond acceptors (Lipinski definition) is 3. The highest BCUT2D eigenvalue weighted by Crippen LogP contribution is 2.27. The molecule has 0 bridgehead atoms. The van der Waals surface area contributed by atoms with Crippen molar-refractivity contribution in [2.75, 3.05) is 32.7 Å². The van der Waals surface area contributed by atoms with Gasteiger partial charge in [-0.05, 0) is 51.5 Å². The molecule has 2 aliphatic rings. The zero-order valence-corrected chi connectivity index (χ0v) is 17.5. The highest BCUT2D eigenvalue weighted by Gasteiger charge is 2.41. The minimum absolute atomic E-state index is 0.0286. The van der Waals surface area contributed by atoms with E-state index in [9.17, 15) is 14.4 Å². The summed E-state index contributed by atoms with van der Waals surface area (Å²) in [6.45, 7) is 8.67. The van der Waals surface area contributed by atoms with Crippen LogP contribution in [-0.4, -0.2) is 70.7 Å². The van der Waals surface area contributed by atoms with Crippen molar-refractivity contribution in [3.8, 4) is 0 Å². The second-order valence-electron chi connectivity index (χ2n) is 8.55. The van der Waals surface area contributed by atoms with Crippen LogP contribution >= 0.6 is 11.6 Å². The van der Waals surface area contributed by atoms with Crippen molar-refractivity contribution in [2.45, 2.75) is 39.2 Å². The molecule has 3 amide bonds. The molecule has 6 nitrogen and oxygen atoms in total. The number of amides is 3. The van der Waals surface area contributed by atoms with Crippen molar-refractivity contribution < 1.29 is 14.4 Å². The lowest BCUT2D eigenvalue weighted by atomic mass is 10.1. The molecule has 2 saturated heterocycles. The van der Waals surface area contributed by atoms with Crippen molar-refractivity contribution in [1.82, 2.24) is 14.7 Å². The first-order valence-electron chi connectivity index (χ1n) is 9.81. The van der Waals surface area contributed by atoms with Crippen LogP contribution in [0.3, 0.4) is 0 Å². The number of hydrogen-bond donors (Lipinski definition) is 0. The van der Waals surface area contributed by atoms with E-state index in [1.54, 1.807) is 34.1 Å². The molecule has 0 saturated carbocycles. The van der Waals surface area contributed by atoms with Gasteiger partial charge in [0.05, 0.1) is 5.92 Å². The molecule has 28 heavy (non-hydrogen) atoms. The number of halogens is 1. The Balaban J connectivity index is 1.60. The second kappa shape index (κ2) is 8.11. The Morgan fingerprint density at radius 2 is 1.61 bits per heavy atom. The Morgan fingerprint density at radius 1 is 1.00 bits per heavy atom. The first kappa shape index (κ1) is 20.6. The van der Waals surface area contributed by atoms with Crippen LogP contribution < -0.4 is 0 Å². The third-order valence-corrected chi connectivity index (χ3v) is 5.72. The van der Waals surface area contributed by atoms with Crippen molar-refractivity contribution in [1.29, 1.82) is 0 Å². The Hall–Kier alpha value is -2.08. The number of carbonyl (C=O) groups is 3. The molecule has 0 aromatic heterocycles. The van der Waals surface area contributed by atoms with E-state index in [4.69, 9.17) is 11.6 Å². The molecule has 0 radical (unpaired) electrons. The van der Waals surface area contributed by atoms with Gasteiger partial charge in [0.25, 0.3) is 5.91 Å². The smallest absolute Gasteiger partial charge is 0.253 e. The van der Waals surface area contributed by atoms with Gasteiger partial charge >= 0.3 is 0 Å². The topological polar surface area (TPSA) is 60.9 Å². The summed E-state index contributed by atoms with van der Waals surface area (Å²) < 4.78 is 0. The van der Waals surface area contributed by atoms with E-state index >= 15 is 0 Å². The molecule has 1 unspecified atom stereocenters. The van der Waals surface area contributed by atoms with Crippen LogP contribution in [0.4, 0.5) is 0 Å². The lowest BCUT2D eigenvalue weighted by Crippen LogP contribution is -2.44. The largest absolute Gasteiger partial charge is 0.341 e. The van der Waals surface area contributed by atoms with E-state index in [2.05, 4.69) is 0 Å². The standard InChI is InChI=1S/C21H28ClN3O3/c1-21(2,3)25-14-16(13-18(25)26)20(28)24-10-4-9-23(11-12-24)19(27)15-5-7-17(22)8-6-15/h5-8,16H,4,9-14H2,1-3H3. The summed E-state index contributed by atoms with van der Waals surface area (Å²) in [5.41, 5.74) is 0.332. The number of likely N-dealkylation sites (tertiary alicyclic amines) is 1. The molecule has 1 atom stereocenters. The monoisotopic (exact) mass is 405 g/mol. The van der Waals surface area contributed by atoms with Crippen molar-refractivity contribution in [2.24, 2.45) is 5.92 Å². The summed E-state index contributed by atoms with van der Waals surface area (Å²) in [4.78, 5) is 43.4. The quantitative estimate of drug-likeness (QED) is 0.760. The Labute approximate surface area is 171 Å². The third-order valence-electron chi connectivity index (χ3n) is 5.47. The lowest BCUT2D eigenvalue weighted by molar-refractivity contribution is -0.135. The number of nitrogens with zero attached hydrogens (tertiary/aromatic N) is 3. The molecule has 152 valence electrons. The fourth-order valence-corrected chi connectivity index (χ4v) is 4.02.